The third-order valence-corrected chi connectivity index (χ3v) is 4.23. The van der Waals surface area contributed by atoms with Crippen molar-refractivity contribution in [2.24, 2.45) is 0 Å². The summed E-state index contributed by atoms with van der Waals surface area (Å²) in [6.07, 6.45) is 2.37. The molecule has 0 aromatic heterocycles. The topological polar surface area (TPSA) is 32.3 Å². The molecule has 1 fully saturated rings. The van der Waals surface area contributed by atoms with E-state index in [2.05, 4.69) is 12.2 Å². The molecule has 2 atom stereocenters. The van der Waals surface area contributed by atoms with Crippen molar-refractivity contribution < 1.29 is 5.11 Å². The van der Waals surface area contributed by atoms with Gasteiger partial charge in [0.05, 0.1) is 0 Å². The molecular formula is C13H19NOS. The number of aromatic hydroxyl groups is 1. The Hall–Kier alpha value is -0.670. The van der Waals surface area contributed by atoms with Crippen LogP contribution in [-0.4, -0.2) is 22.7 Å². The third-order valence-electron chi connectivity index (χ3n) is 3.07. The van der Waals surface area contributed by atoms with Gasteiger partial charge < -0.3 is 10.4 Å². The number of nitrogens with one attached hydrogen (secondary N) is 1. The van der Waals surface area contributed by atoms with Gasteiger partial charge in [0.1, 0.15) is 5.75 Å². The largest absolute Gasteiger partial charge is 0.508 e. The molecule has 1 aromatic carbocycles. The summed E-state index contributed by atoms with van der Waals surface area (Å²) in [6, 6.07) is 8.64. The van der Waals surface area contributed by atoms with Gasteiger partial charge in [-0.1, -0.05) is 19.1 Å². The predicted octanol–water partition coefficient (Wildman–Crippen LogP) is 2.94. The molecule has 0 saturated carbocycles. The normalized spacial score (nSPS) is 22.2. The van der Waals surface area contributed by atoms with Gasteiger partial charge in [0.15, 0.2) is 0 Å². The van der Waals surface area contributed by atoms with Gasteiger partial charge in [-0.3, -0.25) is 0 Å². The van der Waals surface area contributed by atoms with Crippen LogP contribution in [-0.2, 0) is 0 Å². The van der Waals surface area contributed by atoms with Crippen molar-refractivity contribution in [1.29, 1.82) is 0 Å². The fourth-order valence-electron chi connectivity index (χ4n) is 2.11. The maximum atomic E-state index is 9.27. The lowest BCUT2D eigenvalue weighted by Crippen LogP contribution is -2.32. The van der Waals surface area contributed by atoms with Gasteiger partial charge in [-0.05, 0) is 36.3 Å². The number of hydrogen-bond acceptors (Lipinski definition) is 3. The highest BCUT2D eigenvalue weighted by atomic mass is 32.2. The minimum Gasteiger partial charge on any atom is -0.508 e. The summed E-state index contributed by atoms with van der Waals surface area (Å²) in [5.41, 5.74) is 1.28. The SMILES string of the molecule is CCC(NC1CCSC1)c1ccc(O)cc1. The van der Waals surface area contributed by atoms with Crippen molar-refractivity contribution in [3.63, 3.8) is 0 Å². The second kappa shape index (κ2) is 5.60. The van der Waals surface area contributed by atoms with E-state index in [1.54, 1.807) is 12.1 Å². The van der Waals surface area contributed by atoms with E-state index in [9.17, 15) is 5.11 Å². The fraction of sp³-hybridized carbons (Fsp3) is 0.538. The lowest BCUT2D eigenvalue weighted by atomic mass is 10.0. The van der Waals surface area contributed by atoms with Crippen LogP contribution in [0.2, 0.25) is 0 Å². The summed E-state index contributed by atoms with van der Waals surface area (Å²) in [7, 11) is 0. The number of rotatable bonds is 4. The van der Waals surface area contributed by atoms with E-state index in [-0.39, 0.29) is 0 Å². The molecule has 88 valence electrons. The second-order valence-electron chi connectivity index (χ2n) is 4.28. The first-order chi connectivity index (χ1) is 7.79. The van der Waals surface area contributed by atoms with E-state index in [4.69, 9.17) is 0 Å². The lowest BCUT2D eigenvalue weighted by molar-refractivity contribution is 0.448. The van der Waals surface area contributed by atoms with Crippen LogP contribution >= 0.6 is 11.8 Å². The standard InChI is InChI=1S/C13H19NOS/c1-2-13(14-11-7-8-16-9-11)10-3-5-12(15)6-4-10/h3-6,11,13-15H,2,7-9H2,1H3. The monoisotopic (exact) mass is 237 g/mol. The van der Waals surface area contributed by atoms with E-state index in [0.717, 1.165) is 6.42 Å². The predicted molar refractivity (Wildman–Crippen MR) is 70.0 cm³/mol. The molecule has 2 rings (SSSR count). The van der Waals surface area contributed by atoms with Crippen LogP contribution in [0.5, 0.6) is 5.75 Å². The molecule has 3 heteroatoms. The van der Waals surface area contributed by atoms with Crippen LogP contribution in [0, 0.1) is 0 Å². The summed E-state index contributed by atoms with van der Waals surface area (Å²) in [5, 5.41) is 13.0. The van der Waals surface area contributed by atoms with Gasteiger partial charge in [-0.25, -0.2) is 0 Å². The van der Waals surface area contributed by atoms with Crippen molar-refractivity contribution in [2.75, 3.05) is 11.5 Å². The number of thioether (sulfide) groups is 1. The van der Waals surface area contributed by atoms with Crippen molar-refractivity contribution >= 4 is 11.8 Å². The van der Waals surface area contributed by atoms with E-state index >= 15 is 0 Å². The van der Waals surface area contributed by atoms with E-state index < -0.39 is 0 Å². The quantitative estimate of drug-likeness (QED) is 0.844. The van der Waals surface area contributed by atoms with Crippen molar-refractivity contribution in [3.8, 4) is 5.75 Å². The Balaban J connectivity index is 2.00. The average Bonchev–Trinajstić information content (AvgIpc) is 2.80. The first-order valence-electron chi connectivity index (χ1n) is 5.92. The molecule has 1 heterocycles. The molecular weight excluding hydrogens is 218 g/mol. The van der Waals surface area contributed by atoms with Crippen LogP contribution < -0.4 is 5.32 Å². The molecule has 0 spiro atoms. The average molecular weight is 237 g/mol. The van der Waals surface area contributed by atoms with Crippen molar-refractivity contribution in [2.45, 2.75) is 31.8 Å². The maximum Gasteiger partial charge on any atom is 0.115 e. The van der Waals surface area contributed by atoms with Gasteiger partial charge in [0.25, 0.3) is 0 Å². The molecule has 0 aliphatic carbocycles. The maximum absolute atomic E-state index is 9.27. The van der Waals surface area contributed by atoms with Crippen molar-refractivity contribution in [1.82, 2.24) is 5.32 Å². The van der Waals surface area contributed by atoms with E-state index in [1.165, 1.54) is 23.5 Å². The zero-order chi connectivity index (χ0) is 11.4. The van der Waals surface area contributed by atoms with Crippen LogP contribution in [0.3, 0.4) is 0 Å². The number of phenolic OH excluding ortho intramolecular Hbond substituents is 1. The zero-order valence-electron chi connectivity index (χ0n) is 9.65. The molecule has 0 radical (unpaired) electrons. The zero-order valence-corrected chi connectivity index (χ0v) is 10.5. The molecule has 2 unspecified atom stereocenters. The minimum atomic E-state index is 0.343. The van der Waals surface area contributed by atoms with Crippen molar-refractivity contribution in [3.05, 3.63) is 29.8 Å². The molecule has 1 aromatic rings. The smallest absolute Gasteiger partial charge is 0.115 e. The molecule has 2 N–H and O–H groups in total. The Morgan fingerprint density at radius 1 is 1.44 bits per heavy atom. The molecule has 2 nitrogen and oxygen atoms in total. The van der Waals surface area contributed by atoms with Gasteiger partial charge >= 0.3 is 0 Å². The first kappa shape index (κ1) is 11.8. The van der Waals surface area contributed by atoms with Crippen LogP contribution in [0.1, 0.15) is 31.4 Å². The molecule has 0 bridgehead atoms. The number of benzene rings is 1. The first-order valence-corrected chi connectivity index (χ1v) is 7.07. The van der Waals surface area contributed by atoms with Gasteiger partial charge in [0.2, 0.25) is 0 Å². The minimum absolute atomic E-state index is 0.343. The second-order valence-corrected chi connectivity index (χ2v) is 5.43. The number of hydrogen-bond donors (Lipinski definition) is 2. The highest BCUT2D eigenvalue weighted by Crippen LogP contribution is 2.24. The Kier molecular flexibility index (Phi) is 4.13. The molecule has 0 amide bonds. The third kappa shape index (κ3) is 2.92. The summed E-state index contributed by atoms with van der Waals surface area (Å²) in [4.78, 5) is 0. The van der Waals surface area contributed by atoms with Crippen LogP contribution in [0.15, 0.2) is 24.3 Å². The summed E-state index contributed by atoms with van der Waals surface area (Å²) >= 11 is 2.03. The van der Waals surface area contributed by atoms with Gasteiger partial charge in [-0.15, -0.1) is 0 Å². The summed E-state index contributed by atoms with van der Waals surface area (Å²) in [6.45, 7) is 2.20. The summed E-state index contributed by atoms with van der Waals surface area (Å²) in [5.74, 6) is 2.85. The highest BCUT2D eigenvalue weighted by Gasteiger charge is 2.19. The number of phenols is 1. The molecule has 1 aliphatic rings. The summed E-state index contributed by atoms with van der Waals surface area (Å²) < 4.78 is 0. The van der Waals surface area contributed by atoms with Crippen LogP contribution in [0.4, 0.5) is 0 Å². The Labute approximate surface area is 101 Å². The molecule has 1 saturated heterocycles. The highest BCUT2D eigenvalue weighted by molar-refractivity contribution is 7.99. The van der Waals surface area contributed by atoms with E-state index in [1.807, 2.05) is 23.9 Å². The van der Waals surface area contributed by atoms with Crippen LogP contribution in [0.25, 0.3) is 0 Å². The fourth-order valence-corrected chi connectivity index (χ4v) is 3.27. The van der Waals surface area contributed by atoms with E-state index in [0.29, 0.717) is 17.8 Å². The molecule has 16 heavy (non-hydrogen) atoms. The van der Waals surface area contributed by atoms with Gasteiger partial charge in [0, 0.05) is 17.8 Å². The Morgan fingerprint density at radius 2 is 2.19 bits per heavy atom. The van der Waals surface area contributed by atoms with Gasteiger partial charge in [-0.2, -0.15) is 11.8 Å². The lowest BCUT2D eigenvalue weighted by Gasteiger charge is -2.21. The molecule has 1 aliphatic heterocycles. The Morgan fingerprint density at radius 3 is 2.75 bits per heavy atom. The Bertz CT molecular complexity index is 319.